The van der Waals surface area contributed by atoms with E-state index in [1.807, 2.05) is 42.5 Å². The fraction of sp³-hybridized carbons (Fsp3) is 0.316. The molecule has 0 radical (unpaired) electrons. The Balaban J connectivity index is 1.63. The summed E-state index contributed by atoms with van der Waals surface area (Å²) in [5, 5.41) is 1.91. The zero-order valence-electron chi connectivity index (χ0n) is 14.0. The van der Waals surface area contributed by atoms with Gasteiger partial charge in [0.1, 0.15) is 6.04 Å². The van der Waals surface area contributed by atoms with Gasteiger partial charge in [-0.25, -0.2) is 0 Å². The largest absolute Gasteiger partial charge is 0.335 e. The molecule has 0 saturated carbocycles. The van der Waals surface area contributed by atoms with Crippen LogP contribution in [0.4, 0.5) is 0 Å². The van der Waals surface area contributed by atoms with Crippen molar-refractivity contribution in [1.82, 2.24) is 14.7 Å². The fourth-order valence-corrected chi connectivity index (χ4v) is 3.69. The lowest BCUT2D eigenvalue weighted by atomic mass is 10.0. The van der Waals surface area contributed by atoms with Crippen LogP contribution in [0.5, 0.6) is 0 Å². The van der Waals surface area contributed by atoms with Gasteiger partial charge in [-0.15, -0.1) is 0 Å². The van der Waals surface area contributed by atoms with Gasteiger partial charge >= 0.3 is 0 Å². The maximum Gasteiger partial charge on any atom is 0.254 e. The summed E-state index contributed by atoms with van der Waals surface area (Å²) in [5.74, 6) is -0.246. The van der Waals surface area contributed by atoms with Crippen LogP contribution in [-0.2, 0) is 9.59 Å². The van der Waals surface area contributed by atoms with Crippen LogP contribution >= 0.6 is 0 Å². The molecule has 2 aromatic rings. The van der Waals surface area contributed by atoms with Gasteiger partial charge in [0.05, 0.1) is 13.1 Å². The molecule has 2 heterocycles. The number of carbonyl (C=O) groups is 3. The number of carbonyl (C=O) groups excluding carboxylic acids is 3. The topological polar surface area (TPSA) is 60.9 Å². The van der Waals surface area contributed by atoms with E-state index in [1.165, 1.54) is 4.90 Å². The second-order valence-electron chi connectivity index (χ2n) is 6.58. The number of hydrogen-bond donors (Lipinski definition) is 0. The van der Waals surface area contributed by atoms with E-state index in [0.717, 1.165) is 10.8 Å². The summed E-state index contributed by atoms with van der Waals surface area (Å²) < 4.78 is 0. The maximum absolute atomic E-state index is 13.1. The lowest BCUT2D eigenvalue weighted by Gasteiger charge is -2.45. The highest BCUT2D eigenvalue weighted by Crippen LogP contribution is 2.23. The van der Waals surface area contributed by atoms with E-state index in [-0.39, 0.29) is 30.8 Å². The third kappa shape index (κ3) is 2.54. The molecular formula is C19H19N3O3. The van der Waals surface area contributed by atoms with Crippen LogP contribution < -0.4 is 0 Å². The van der Waals surface area contributed by atoms with E-state index < -0.39 is 6.04 Å². The first-order chi connectivity index (χ1) is 12.1. The summed E-state index contributed by atoms with van der Waals surface area (Å²) in [6.07, 6.45) is 0. The Hall–Kier alpha value is -2.89. The molecule has 2 aliphatic rings. The first kappa shape index (κ1) is 15.6. The van der Waals surface area contributed by atoms with E-state index in [9.17, 15) is 14.4 Å². The van der Waals surface area contributed by atoms with Gasteiger partial charge < -0.3 is 14.7 Å². The molecule has 0 bridgehead atoms. The quantitative estimate of drug-likeness (QED) is 0.779. The zero-order valence-corrected chi connectivity index (χ0v) is 14.0. The lowest BCUT2D eigenvalue weighted by molar-refractivity contribution is -0.157. The van der Waals surface area contributed by atoms with Crippen molar-refractivity contribution in [2.45, 2.75) is 6.04 Å². The Morgan fingerprint density at radius 3 is 2.64 bits per heavy atom. The van der Waals surface area contributed by atoms with Gasteiger partial charge in [0.2, 0.25) is 11.8 Å². The molecule has 3 amide bonds. The standard InChI is InChI=1S/C19H19N3O3/c1-20-12-17(23)22-10-9-21(11-16(22)19(20)25)18(24)15-8-4-6-13-5-2-3-7-14(13)15/h2-8,16H,9-12H2,1H3/t16-/m1/s1. The summed E-state index contributed by atoms with van der Waals surface area (Å²) >= 11 is 0. The van der Waals surface area contributed by atoms with Gasteiger partial charge in [-0.3, -0.25) is 14.4 Å². The van der Waals surface area contributed by atoms with Crippen molar-refractivity contribution in [2.75, 3.05) is 33.2 Å². The third-order valence-corrected chi connectivity index (χ3v) is 5.04. The minimum atomic E-state index is -0.570. The number of likely N-dealkylation sites (N-methyl/N-ethyl adjacent to an activating group) is 1. The van der Waals surface area contributed by atoms with Gasteiger partial charge in [-0.1, -0.05) is 36.4 Å². The number of rotatable bonds is 1. The first-order valence-electron chi connectivity index (χ1n) is 8.38. The van der Waals surface area contributed by atoms with Crippen LogP contribution in [0, 0.1) is 0 Å². The minimum absolute atomic E-state index is 0.0515. The second kappa shape index (κ2) is 5.88. The molecule has 0 unspecified atom stereocenters. The molecular weight excluding hydrogens is 318 g/mol. The molecule has 4 rings (SSSR count). The predicted octanol–water partition coefficient (Wildman–Crippen LogP) is 0.965. The number of benzene rings is 2. The molecule has 1 atom stereocenters. The lowest BCUT2D eigenvalue weighted by Crippen LogP contribution is -2.66. The molecule has 2 fully saturated rings. The van der Waals surface area contributed by atoms with Crippen LogP contribution in [0.25, 0.3) is 10.8 Å². The van der Waals surface area contributed by atoms with Crippen molar-refractivity contribution in [3.63, 3.8) is 0 Å². The molecule has 25 heavy (non-hydrogen) atoms. The van der Waals surface area contributed by atoms with Gasteiger partial charge in [0, 0.05) is 25.7 Å². The average Bonchev–Trinajstić information content (AvgIpc) is 2.65. The molecule has 6 heteroatoms. The van der Waals surface area contributed by atoms with Crippen molar-refractivity contribution in [3.05, 3.63) is 48.0 Å². The highest BCUT2D eigenvalue weighted by atomic mass is 16.2. The fourth-order valence-electron chi connectivity index (χ4n) is 3.69. The molecule has 0 spiro atoms. The van der Waals surface area contributed by atoms with Gasteiger partial charge in [0.15, 0.2) is 0 Å². The number of piperazine rings is 2. The summed E-state index contributed by atoms with van der Waals surface area (Å²) in [4.78, 5) is 42.3. The van der Waals surface area contributed by atoms with Crippen LogP contribution in [0.3, 0.4) is 0 Å². The van der Waals surface area contributed by atoms with Crippen LogP contribution in [0.2, 0.25) is 0 Å². The third-order valence-electron chi connectivity index (χ3n) is 5.04. The number of fused-ring (bicyclic) bond motifs is 2. The Labute approximate surface area is 145 Å². The summed E-state index contributed by atoms with van der Waals surface area (Å²) in [6.45, 7) is 1.21. The number of nitrogens with zero attached hydrogens (tertiary/aromatic N) is 3. The maximum atomic E-state index is 13.1. The normalized spacial score (nSPS) is 20.8. The smallest absolute Gasteiger partial charge is 0.254 e. The zero-order chi connectivity index (χ0) is 17.6. The summed E-state index contributed by atoms with van der Waals surface area (Å²) in [5.41, 5.74) is 0.634. The van der Waals surface area contributed by atoms with E-state index >= 15 is 0 Å². The van der Waals surface area contributed by atoms with E-state index in [1.54, 1.807) is 16.8 Å². The molecule has 2 aromatic carbocycles. The van der Waals surface area contributed by atoms with Crippen LogP contribution in [-0.4, -0.2) is 71.7 Å². The molecule has 0 aromatic heterocycles. The molecule has 2 saturated heterocycles. The highest BCUT2D eigenvalue weighted by Gasteiger charge is 2.42. The highest BCUT2D eigenvalue weighted by molar-refractivity contribution is 6.07. The second-order valence-corrected chi connectivity index (χ2v) is 6.58. The minimum Gasteiger partial charge on any atom is -0.335 e. The molecule has 0 aliphatic carbocycles. The monoisotopic (exact) mass is 337 g/mol. The summed E-state index contributed by atoms with van der Waals surface area (Å²) in [7, 11) is 1.63. The van der Waals surface area contributed by atoms with Crippen molar-refractivity contribution in [3.8, 4) is 0 Å². The Morgan fingerprint density at radius 1 is 1.04 bits per heavy atom. The van der Waals surface area contributed by atoms with Crippen molar-refractivity contribution in [1.29, 1.82) is 0 Å². The Bertz CT molecular complexity index is 874. The van der Waals surface area contributed by atoms with Gasteiger partial charge in [-0.2, -0.15) is 0 Å². The predicted molar refractivity (Wildman–Crippen MR) is 93.0 cm³/mol. The molecule has 2 aliphatic heterocycles. The van der Waals surface area contributed by atoms with Gasteiger partial charge in [-0.05, 0) is 16.8 Å². The molecule has 0 N–H and O–H groups in total. The molecule has 128 valence electrons. The van der Waals surface area contributed by atoms with E-state index in [4.69, 9.17) is 0 Å². The van der Waals surface area contributed by atoms with Crippen LogP contribution in [0.1, 0.15) is 10.4 Å². The Morgan fingerprint density at radius 2 is 1.80 bits per heavy atom. The SMILES string of the molecule is CN1CC(=O)N2CCN(C(=O)c3cccc4ccccc34)C[C@@H]2C1=O. The number of hydrogen-bond acceptors (Lipinski definition) is 3. The van der Waals surface area contributed by atoms with E-state index in [0.29, 0.717) is 18.7 Å². The summed E-state index contributed by atoms with van der Waals surface area (Å²) in [6, 6.07) is 12.9. The van der Waals surface area contributed by atoms with Crippen molar-refractivity contribution >= 4 is 28.5 Å². The molecule has 6 nitrogen and oxygen atoms in total. The average molecular weight is 337 g/mol. The van der Waals surface area contributed by atoms with Crippen molar-refractivity contribution < 1.29 is 14.4 Å². The Kier molecular flexibility index (Phi) is 3.67. The first-order valence-corrected chi connectivity index (χ1v) is 8.38. The van der Waals surface area contributed by atoms with E-state index in [2.05, 4.69) is 0 Å². The van der Waals surface area contributed by atoms with Crippen molar-refractivity contribution in [2.24, 2.45) is 0 Å². The van der Waals surface area contributed by atoms with Crippen LogP contribution in [0.15, 0.2) is 42.5 Å². The van der Waals surface area contributed by atoms with Gasteiger partial charge in [0.25, 0.3) is 5.91 Å². The number of amides is 3.